The molecule has 13 nitrogen and oxygen atoms in total. The Bertz CT molecular complexity index is 1780. The van der Waals surface area contributed by atoms with Crippen molar-refractivity contribution in [1.82, 2.24) is 19.5 Å². The van der Waals surface area contributed by atoms with Crippen molar-refractivity contribution >= 4 is 58.1 Å². The third-order valence-corrected chi connectivity index (χ3v) is 7.58. The molecule has 4 aromatic rings. The average Bonchev–Trinajstić information content (AvgIpc) is 3.56. The van der Waals surface area contributed by atoms with Crippen LogP contribution in [0, 0.1) is 11.3 Å². The molecule has 238 valence electrons. The molecule has 1 saturated heterocycles. The minimum Gasteiger partial charge on any atom is -0.463 e. The second-order valence-corrected chi connectivity index (χ2v) is 11.3. The van der Waals surface area contributed by atoms with E-state index in [9.17, 15) is 19.6 Å². The molecule has 1 aliphatic rings. The first kappa shape index (κ1) is 32.6. The van der Waals surface area contributed by atoms with E-state index in [1.807, 2.05) is 42.5 Å². The number of aromatic nitrogens is 4. The van der Waals surface area contributed by atoms with Crippen molar-refractivity contribution < 1.29 is 33.3 Å². The molecule has 0 radical (unpaired) electrons. The number of esters is 3. The summed E-state index contributed by atoms with van der Waals surface area (Å²) >= 11 is 12.6. The number of benzene rings is 2. The summed E-state index contributed by atoms with van der Waals surface area (Å²) in [5.41, 5.74) is 2.29. The average molecular weight is 668 g/mol. The van der Waals surface area contributed by atoms with E-state index >= 15 is 0 Å². The quantitative estimate of drug-likeness (QED) is 0.185. The normalized spacial score (nSPS) is 19.1. The summed E-state index contributed by atoms with van der Waals surface area (Å²) in [6.45, 7) is 3.63. The van der Waals surface area contributed by atoms with Gasteiger partial charge in [-0.15, -0.1) is 0 Å². The van der Waals surface area contributed by atoms with Gasteiger partial charge in [-0.3, -0.25) is 19.0 Å². The first-order chi connectivity index (χ1) is 22.0. The van der Waals surface area contributed by atoms with Gasteiger partial charge in [-0.05, 0) is 35.4 Å². The molecule has 1 fully saturated rings. The van der Waals surface area contributed by atoms with Gasteiger partial charge in [0.15, 0.2) is 35.4 Å². The number of imidazole rings is 1. The fourth-order valence-corrected chi connectivity index (χ4v) is 5.66. The van der Waals surface area contributed by atoms with Crippen molar-refractivity contribution in [2.24, 2.45) is 0 Å². The molecule has 0 spiro atoms. The van der Waals surface area contributed by atoms with Crippen LogP contribution in [0.25, 0.3) is 11.2 Å². The maximum atomic E-state index is 12.1. The fourth-order valence-electron chi connectivity index (χ4n) is 5.27. The van der Waals surface area contributed by atoms with Gasteiger partial charge in [-0.1, -0.05) is 47.5 Å². The predicted octanol–water partition coefficient (Wildman–Crippen LogP) is 4.57. The molecule has 4 atom stereocenters. The Morgan fingerprint density at radius 2 is 1.61 bits per heavy atom. The number of hydrogen-bond donors (Lipinski definition) is 1. The van der Waals surface area contributed by atoms with E-state index in [0.29, 0.717) is 16.6 Å². The SMILES string of the molecule is CC(=O)OC[C@H]1O[C@@H](n2cnc3c(NCC(c4cccc(Cl)c4)c4cccc(Cl)c4)nc(C#N)nc32)[C@H](OC(C)=O)[C@@H]1OC(C)=O. The minimum absolute atomic E-state index is 0.172. The lowest BCUT2D eigenvalue weighted by atomic mass is 9.91. The molecule has 0 aliphatic carbocycles. The molecule has 0 saturated carbocycles. The first-order valence-corrected chi connectivity index (χ1v) is 14.8. The Hall–Kier alpha value is -4.77. The van der Waals surface area contributed by atoms with Gasteiger partial charge in [0, 0.05) is 43.3 Å². The van der Waals surface area contributed by atoms with E-state index in [4.69, 9.17) is 42.1 Å². The predicted molar refractivity (Wildman–Crippen MR) is 165 cm³/mol. The summed E-state index contributed by atoms with van der Waals surface area (Å²) in [5, 5.41) is 14.3. The van der Waals surface area contributed by atoms with Crippen molar-refractivity contribution in [3.8, 4) is 6.07 Å². The molecule has 5 rings (SSSR count). The van der Waals surface area contributed by atoms with E-state index < -0.39 is 42.4 Å². The third-order valence-electron chi connectivity index (χ3n) is 7.11. The highest BCUT2D eigenvalue weighted by atomic mass is 35.5. The van der Waals surface area contributed by atoms with Crippen LogP contribution in [0.4, 0.5) is 5.82 Å². The van der Waals surface area contributed by atoms with Crippen molar-refractivity contribution in [2.75, 3.05) is 18.5 Å². The standard InChI is InChI=1S/C31H28Cl2N6O7/c1-16(40)43-14-24-27(44-17(2)41)28(45-18(3)42)31(46-24)39-15-36-26-29(37-25(12-34)38-30(26)39)35-13-23(19-6-4-8-21(32)10-19)20-7-5-9-22(33)11-20/h4-11,15,23-24,27-28,31H,13-14H2,1-3H3,(H,35,37,38)/t24-,27-,28-,31-/m1/s1. The highest BCUT2D eigenvalue weighted by Crippen LogP contribution is 2.37. The second kappa shape index (κ2) is 14.1. The number of anilines is 1. The van der Waals surface area contributed by atoms with E-state index in [2.05, 4.69) is 20.3 Å². The number of rotatable bonds is 10. The van der Waals surface area contributed by atoms with Crippen LogP contribution in [0.15, 0.2) is 54.9 Å². The van der Waals surface area contributed by atoms with Crippen LogP contribution in [-0.4, -0.2) is 68.9 Å². The molecule has 2 aromatic heterocycles. The number of nitrogens with zero attached hydrogens (tertiary/aromatic N) is 5. The maximum Gasteiger partial charge on any atom is 0.303 e. The van der Waals surface area contributed by atoms with Crippen LogP contribution in [0.5, 0.6) is 0 Å². The molecule has 0 amide bonds. The van der Waals surface area contributed by atoms with Crippen LogP contribution in [0.3, 0.4) is 0 Å². The number of nitriles is 1. The molecule has 0 unspecified atom stereocenters. The highest BCUT2D eigenvalue weighted by Gasteiger charge is 2.51. The van der Waals surface area contributed by atoms with Crippen molar-refractivity contribution in [2.45, 2.75) is 51.2 Å². The van der Waals surface area contributed by atoms with Crippen molar-refractivity contribution in [1.29, 1.82) is 5.26 Å². The summed E-state index contributed by atoms with van der Waals surface area (Å²) in [5.74, 6) is -2.06. The number of hydrogen-bond acceptors (Lipinski definition) is 12. The van der Waals surface area contributed by atoms with Gasteiger partial charge >= 0.3 is 17.9 Å². The molecule has 15 heteroatoms. The zero-order valence-electron chi connectivity index (χ0n) is 24.8. The Morgan fingerprint density at radius 3 is 2.17 bits per heavy atom. The Kier molecular flexibility index (Phi) is 10.0. The number of halogens is 2. The molecule has 2 aromatic carbocycles. The van der Waals surface area contributed by atoms with E-state index in [1.54, 1.807) is 12.1 Å². The topological polar surface area (TPSA) is 168 Å². The molecule has 3 heterocycles. The van der Waals surface area contributed by atoms with Crippen molar-refractivity contribution in [3.05, 3.63) is 81.9 Å². The summed E-state index contributed by atoms with van der Waals surface area (Å²) in [6, 6.07) is 16.8. The lowest BCUT2D eigenvalue weighted by Crippen LogP contribution is -2.40. The molecule has 1 N–H and O–H groups in total. The zero-order valence-corrected chi connectivity index (χ0v) is 26.4. The van der Waals surface area contributed by atoms with Gasteiger partial charge in [0.25, 0.3) is 0 Å². The van der Waals surface area contributed by atoms with Crippen LogP contribution >= 0.6 is 23.2 Å². The van der Waals surface area contributed by atoms with Crippen LogP contribution in [0.1, 0.15) is 49.9 Å². The smallest absolute Gasteiger partial charge is 0.303 e. The van der Waals surface area contributed by atoms with Gasteiger partial charge in [0.2, 0.25) is 5.82 Å². The summed E-state index contributed by atoms with van der Waals surface area (Å²) in [4.78, 5) is 48.9. The lowest BCUT2D eigenvalue weighted by molar-refractivity contribution is -0.166. The molecular weight excluding hydrogens is 639 g/mol. The van der Waals surface area contributed by atoms with Crippen LogP contribution in [-0.2, 0) is 33.3 Å². The third kappa shape index (κ3) is 7.37. The number of carbonyl (C=O) groups is 3. The number of fused-ring (bicyclic) bond motifs is 1. The van der Waals surface area contributed by atoms with E-state index in [1.165, 1.54) is 31.7 Å². The van der Waals surface area contributed by atoms with Crippen molar-refractivity contribution in [3.63, 3.8) is 0 Å². The monoisotopic (exact) mass is 666 g/mol. The van der Waals surface area contributed by atoms with Gasteiger partial charge in [-0.2, -0.15) is 15.2 Å². The van der Waals surface area contributed by atoms with Gasteiger partial charge in [0.05, 0.1) is 6.33 Å². The Labute approximate surface area is 273 Å². The van der Waals surface area contributed by atoms with Gasteiger partial charge in [-0.25, -0.2) is 4.98 Å². The molecule has 46 heavy (non-hydrogen) atoms. The van der Waals surface area contributed by atoms with E-state index in [-0.39, 0.29) is 35.3 Å². The number of nitrogens with one attached hydrogen (secondary N) is 1. The summed E-state index contributed by atoms with van der Waals surface area (Å²) < 4.78 is 23.7. The second-order valence-electron chi connectivity index (χ2n) is 10.4. The summed E-state index contributed by atoms with van der Waals surface area (Å²) in [6.07, 6.45) is -3.04. The molecule has 1 aliphatic heterocycles. The summed E-state index contributed by atoms with van der Waals surface area (Å²) in [7, 11) is 0. The fraction of sp³-hybridized carbons (Fsp3) is 0.323. The highest BCUT2D eigenvalue weighted by molar-refractivity contribution is 6.31. The Balaban J connectivity index is 1.53. The van der Waals surface area contributed by atoms with E-state index in [0.717, 1.165) is 11.1 Å². The molecule has 0 bridgehead atoms. The Morgan fingerprint density at radius 1 is 0.978 bits per heavy atom. The number of carbonyl (C=O) groups excluding carboxylic acids is 3. The molecular formula is C31H28Cl2N6O7. The minimum atomic E-state index is -1.17. The van der Waals surface area contributed by atoms with Gasteiger partial charge < -0.3 is 24.3 Å². The van der Waals surface area contributed by atoms with Crippen LogP contribution < -0.4 is 5.32 Å². The first-order valence-electron chi connectivity index (χ1n) is 14.1. The van der Waals surface area contributed by atoms with Gasteiger partial charge in [0.1, 0.15) is 18.8 Å². The number of ether oxygens (including phenoxy) is 4. The largest absolute Gasteiger partial charge is 0.463 e. The zero-order chi connectivity index (χ0) is 33.0. The van der Waals surface area contributed by atoms with Crippen LogP contribution in [0.2, 0.25) is 10.0 Å². The maximum absolute atomic E-state index is 12.1. The lowest BCUT2D eigenvalue weighted by Gasteiger charge is -2.23.